The second-order valence-electron chi connectivity index (χ2n) is 6.57. The monoisotopic (exact) mass is 364 g/mol. The van der Waals surface area contributed by atoms with Crippen LogP contribution in [0.5, 0.6) is 0 Å². The van der Waals surface area contributed by atoms with Gasteiger partial charge in [0.05, 0.1) is 5.71 Å². The highest BCUT2D eigenvalue weighted by Crippen LogP contribution is 2.31. The summed E-state index contributed by atoms with van der Waals surface area (Å²) in [6.45, 7) is 1.84. The van der Waals surface area contributed by atoms with E-state index in [1.54, 1.807) is 12.3 Å². The van der Waals surface area contributed by atoms with Crippen LogP contribution in [0.2, 0.25) is 0 Å². The minimum absolute atomic E-state index is 0.256. The molecule has 1 heterocycles. The molecular weight excluding hydrogens is 345 g/mol. The number of rotatable bonds is 5. The highest BCUT2D eigenvalue weighted by Gasteiger charge is 2.22. The molecule has 0 unspecified atom stereocenters. The molecule has 0 bridgehead atoms. The Labute approximate surface area is 157 Å². The lowest BCUT2D eigenvalue weighted by Crippen LogP contribution is -2.13. The second kappa shape index (κ2) is 8.12. The molecule has 3 rings (SSSR count). The normalized spacial score (nSPS) is 12.8. The highest BCUT2D eigenvalue weighted by molar-refractivity contribution is 6.32. The Hall–Kier alpha value is -3.02. The number of hydrogen-bond donors (Lipinski definition) is 1. The molecule has 0 aliphatic heterocycles. The molecule has 0 aliphatic carbocycles. The fraction of sp³-hybridized carbons (Fsp3) is 0.143. The van der Waals surface area contributed by atoms with E-state index in [9.17, 15) is 14.0 Å². The summed E-state index contributed by atoms with van der Waals surface area (Å²) in [4.78, 5) is 4.15. The van der Waals surface area contributed by atoms with Gasteiger partial charge >= 0.3 is 0 Å². The lowest BCUT2D eigenvalue weighted by atomic mass is 9.83. The van der Waals surface area contributed by atoms with Crippen LogP contribution in [0.25, 0.3) is 0 Å². The number of nitrogens with zero attached hydrogens (tertiary/aromatic N) is 2. The van der Waals surface area contributed by atoms with Crippen LogP contribution < -0.4 is 5.46 Å². The Balaban J connectivity index is 2.05. The van der Waals surface area contributed by atoms with Crippen LogP contribution in [0.4, 0.5) is 8.78 Å². The van der Waals surface area contributed by atoms with E-state index >= 15 is 0 Å². The maximum atomic E-state index is 14.5. The number of halogens is 2. The van der Waals surface area contributed by atoms with Crippen molar-refractivity contribution in [3.8, 4) is 0 Å². The van der Waals surface area contributed by atoms with Crippen LogP contribution in [-0.2, 0) is 0 Å². The Kier molecular flexibility index (Phi) is 5.64. The van der Waals surface area contributed by atoms with Crippen LogP contribution >= 0.6 is 0 Å². The van der Waals surface area contributed by atoms with Gasteiger partial charge in [-0.3, -0.25) is 4.98 Å². The molecule has 0 fully saturated rings. The molecule has 2 aromatic carbocycles. The average Bonchev–Trinajstić information content (AvgIpc) is 2.64. The topological polar surface area (TPSA) is 45.5 Å². The van der Waals surface area contributed by atoms with Gasteiger partial charge < -0.3 is 5.21 Å². The smallest absolute Gasteiger partial charge is 0.139 e. The minimum atomic E-state index is -0.625. The second-order valence-corrected chi connectivity index (χ2v) is 6.57. The molecule has 1 aromatic heterocycles. The van der Waals surface area contributed by atoms with Crippen molar-refractivity contribution in [1.29, 1.82) is 0 Å². The first kappa shape index (κ1) is 18.8. The molecule has 0 saturated carbocycles. The van der Waals surface area contributed by atoms with Gasteiger partial charge in [0.2, 0.25) is 0 Å². The van der Waals surface area contributed by atoms with Crippen molar-refractivity contribution in [1.82, 2.24) is 4.98 Å². The van der Waals surface area contributed by atoms with Crippen LogP contribution in [-0.4, -0.2) is 23.7 Å². The Morgan fingerprint density at radius 2 is 1.85 bits per heavy atom. The summed E-state index contributed by atoms with van der Waals surface area (Å²) in [6, 6.07) is 14.8. The maximum Gasteiger partial charge on any atom is 0.139 e. The van der Waals surface area contributed by atoms with E-state index in [1.807, 2.05) is 45.1 Å². The Morgan fingerprint density at radius 3 is 2.48 bits per heavy atom. The lowest BCUT2D eigenvalue weighted by molar-refractivity contribution is 0.317. The molecule has 1 atom stereocenters. The molecule has 0 aliphatic rings. The molecule has 3 aromatic rings. The molecule has 0 saturated heterocycles. The van der Waals surface area contributed by atoms with E-state index in [1.165, 1.54) is 12.1 Å². The summed E-state index contributed by atoms with van der Waals surface area (Å²) in [6.07, 6.45) is 1.89. The van der Waals surface area contributed by atoms with Crippen molar-refractivity contribution < 1.29 is 14.0 Å². The predicted molar refractivity (Wildman–Crippen MR) is 105 cm³/mol. The van der Waals surface area contributed by atoms with E-state index in [4.69, 9.17) is 0 Å². The number of aromatic nitrogens is 1. The number of benzene rings is 2. The fourth-order valence-electron chi connectivity index (χ4n) is 3.13. The van der Waals surface area contributed by atoms with Gasteiger partial charge in [0, 0.05) is 35.9 Å². The Morgan fingerprint density at radius 1 is 1.11 bits per heavy atom. The zero-order valence-corrected chi connectivity index (χ0v) is 15.2. The highest BCUT2D eigenvalue weighted by atomic mass is 19.1. The lowest BCUT2D eigenvalue weighted by Gasteiger charge is -2.20. The van der Waals surface area contributed by atoms with E-state index in [0.29, 0.717) is 16.8 Å². The predicted octanol–water partition coefficient (Wildman–Crippen LogP) is 3.33. The van der Waals surface area contributed by atoms with Crippen molar-refractivity contribution in [3.63, 3.8) is 0 Å². The van der Waals surface area contributed by atoms with Crippen molar-refractivity contribution >= 4 is 19.0 Å². The van der Waals surface area contributed by atoms with Crippen LogP contribution in [0.1, 0.15) is 34.7 Å². The summed E-state index contributed by atoms with van der Waals surface area (Å²) >= 11 is 0. The third-order valence-corrected chi connectivity index (χ3v) is 4.57. The maximum absolute atomic E-state index is 14.5. The zero-order valence-electron chi connectivity index (χ0n) is 15.2. The number of aryl methyl sites for hydroxylation is 1. The zero-order chi connectivity index (χ0) is 19.4. The van der Waals surface area contributed by atoms with Crippen LogP contribution in [0.15, 0.2) is 65.9 Å². The number of hydrogen-bond acceptors (Lipinski definition) is 3. The van der Waals surface area contributed by atoms with Crippen molar-refractivity contribution in [2.75, 3.05) is 0 Å². The molecule has 6 heteroatoms. The molecular formula is C21H19BF2N2O. The summed E-state index contributed by atoms with van der Waals surface area (Å²) in [5.74, 6) is -1.67. The third kappa shape index (κ3) is 4.40. The van der Waals surface area contributed by atoms with Crippen molar-refractivity contribution in [2.45, 2.75) is 19.3 Å². The SMILES string of the molecule is Bc1ccc([C@@H](C/C(=N\O)c2ccnc(C)c2)c2ccc(F)cc2F)cc1. The van der Waals surface area contributed by atoms with E-state index in [0.717, 1.165) is 22.8 Å². The average molecular weight is 364 g/mol. The first-order valence-electron chi connectivity index (χ1n) is 8.63. The summed E-state index contributed by atoms with van der Waals surface area (Å²) in [5, 5.41) is 13.0. The molecule has 3 nitrogen and oxygen atoms in total. The van der Waals surface area contributed by atoms with E-state index < -0.39 is 17.6 Å². The third-order valence-electron chi connectivity index (χ3n) is 4.57. The molecule has 136 valence electrons. The molecule has 1 N–H and O–H groups in total. The standard InChI is InChI=1S/C21H19BF2N2O/c1-13-10-15(8-9-25-13)21(26-27)12-19(14-2-4-16(22)5-3-14)18-7-6-17(23)11-20(18)24/h2-11,19,27H,12,22H2,1H3/b26-21+/t19-/m1/s1. The van der Waals surface area contributed by atoms with Gasteiger partial charge in [-0.1, -0.05) is 41.0 Å². The molecule has 27 heavy (non-hydrogen) atoms. The summed E-state index contributed by atoms with van der Waals surface area (Å²) < 4.78 is 27.9. The summed E-state index contributed by atoms with van der Waals surface area (Å²) in [5.41, 5.74) is 4.20. The van der Waals surface area contributed by atoms with Crippen LogP contribution in [0, 0.1) is 18.6 Å². The van der Waals surface area contributed by atoms with E-state index in [-0.39, 0.29) is 6.42 Å². The minimum Gasteiger partial charge on any atom is -0.411 e. The molecule has 0 spiro atoms. The first-order valence-corrected chi connectivity index (χ1v) is 8.63. The van der Waals surface area contributed by atoms with Gasteiger partial charge in [-0.05, 0) is 36.2 Å². The van der Waals surface area contributed by atoms with Gasteiger partial charge in [-0.15, -0.1) is 0 Å². The van der Waals surface area contributed by atoms with Crippen LogP contribution in [0.3, 0.4) is 0 Å². The van der Waals surface area contributed by atoms with Gasteiger partial charge in [0.15, 0.2) is 0 Å². The number of pyridine rings is 1. The summed E-state index contributed by atoms with van der Waals surface area (Å²) in [7, 11) is 1.97. The first-order chi connectivity index (χ1) is 13.0. The largest absolute Gasteiger partial charge is 0.411 e. The quantitative estimate of drug-likeness (QED) is 0.327. The Bertz CT molecular complexity index is 974. The fourth-order valence-corrected chi connectivity index (χ4v) is 3.13. The van der Waals surface area contributed by atoms with E-state index in [2.05, 4.69) is 10.1 Å². The molecule has 0 amide bonds. The van der Waals surface area contributed by atoms with Gasteiger partial charge in [0.25, 0.3) is 0 Å². The van der Waals surface area contributed by atoms with Gasteiger partial charge in [-0.25, -0.2) is 8.78 Å². The van der Waals surface area contributed by atoms with Crippen molar-refractivity contribution in [2.24, 2.45) is 5.16 Å². The van der Waals surface area contributed by atoms with Crippen molar-refractivity contribution in [3.05, 3.63) is 94.8 Å². The number of oxime groups is 1. The molecule has 0 radical (unpaired) electrons. The van der Waals surface area contributed by atoms with Gasteiger partial charge in [-0.2, -0.15) is 0 Å². The van der Waals surface area contributed by atoms with Gasteiger partial charge in [0.1, 0.15) is 19.5 Å².